The monoisotopic (exact) mass is 779 g/mol. The van der Waals surface area contributed by atoms with E-state index in [0.29, 0.717) is 82.1 Å². The summed E-state index contributed by atoms with van der Waals surface area (Å²) >= 11 is 6.08. The zero-order valence-electron chi connectivity index (χ0n) is 32.5. The Kier molecular flexibility index (Phi) is 16.4. The lowest BCUT2D eigenvalue weighted by Gasteiger charge is -2.47. The lowest BCUT2D eigenvalue weighted by Crippen LogP contribution is -2.53. The van der Waals surface area contributed by atoms with E-state index in [9.17, 15) is 14.4 Å². The maximum absolute atomic E-state index is 13.3. The van der Waals surface area contributed by atoms with Crippen molar-refractivity contribution < 1.29 is 38.1 Å². The Bertz CT molecular complexity index is 1690. The first-order valence-corrected chi connectivity index (χ1v) is 20.3. The average molecular weight is 780 g/mol. The number of benzene rings is 3. The van der Waals surface area contributed by atoms with E-state index in [1.54, 1.807) is 0 Å². The number of nitrogens with one attached hydrogen (secondary N) is 3. The predicted octanol–water partition coefficient (Wildman–Crippen LogP) is 8.24. The summed E-state index contributed by atoms with van der Waals surface area (Å²) in [4.78, 5) is 38.5. The molecular weight excluding hydrogens is 722 g/mol. The standard InChI is InChI=1S/C43H58ClN3O8/c1-4-51-40(48)39(20-19-30(2)3)45-23-10-17-35-26-37(53-42(50)47-28-33-14-8-13-32-12-5-6-18-38(32)33)27-43(54-35)22-9-16-36(55-43)29-52-41(49)46-24-21-31-11-7-15-34(44)25-31/h5-8,11-15,18,25,30,35-37,39,45H,4,9-10,16-17,19-24,26-29H2,1-3H3,(H,46,49)(H,47,50)/t35-,36-,37-,39+,43+/m1/s1. The van der Waals surface area contributed by atoms with Crippen molar-refractivity contribution in [3.05, 3.63) is 82.9 Å². The molecule has 2 saturated heterocycles. The first kappa shape index (κ1) is 42.2. The zero-order valence-corrected chi connectivity index (χ0v) is 33.2. The fraction of sp³-hybridized carbons (Fsp3) is 0.558. The second-order valence-electron chi connectivity index (χ2n) is 15.0. The molecule has 2 aliphatic heterocycles. The molecule has 0 saturated carbocycles. The minimum Gasteiger partial charge on any atom is -0.465 e. The molecule has 0 aromatic heterocycles. The highest BCUT2D eigenvalue weighted by molar-refractivity contribution is 6.30. The number of amides is 2. The molecule has 2 heterocycles. The number of rotatable bonds is 18. The molecule has 11 nitrogen and oxygen atoms in total. The van der Waals surface area contributed by atoms with Crippen LogP contribution in [0.25, 0.3) is 10.8 Å². The molecule has 300 valence electrons. The Balaban J connectivity index is 1.17. The summed E-state index contributed by atoms with van der Waals surface area (Å²) in [6.45, 7) is 7.87. The van der Waals surface area contributed by atoms with Crippen LogP contribution < -0.4 is 16.0 Å². The second kappa shape index (κ2) is 21.4. The summed E-state index contributed by atoms with van der Waals surface area (Å²) < 4.78 is 30.3. The smallest absolute Gasteiger partial charge is 0.407 e. The molecule has 12 heteroatoms. The Labute approximate surface area is 330 Å². The van der Waals surface area contributed by atoms with Gasteiger partial charge >= 0.3 is 18.2 Å². The third-order valence-corrected chi connectivity index (χ3v) is 10.4. The molecule has 0 aliphatic carbocycles. The fourth-order valence-electron chi connectivity index (χ4n) is 7.45. The first-order valence-electron chi connectivity index (χ1n) is 19.9. The van der Waals surface area contributed by atoms with E-state index >= 15 is 0 Å². The molecule has 2 fully saturated rings. The van der Waals surface area contributed by atoms with Crippen molar-refractivity contribution in [3.8, 4) is 0 Å². The lowest BCUT2D eigenvalue weighted by atomic mass is 9.90. The van der Waals surface area contributed by atoms with Gasteiger partial charge in [-0.1, -0.05) is 80.0 Å². The van der Waals surface area contributed by atoms with Gasteiger partial charge in [0.1, 0.15) is 18.8 Å². The first-order chi connectivity index (χ1) is 26.6. The number of hydrogen-bond acceptors (Lipinski definition) is 9. The van der Waals surface area contributed by atoms with Crippen molar-refractivity contribution in [2.24, 2.45) is 5.92 Å². The Morgan fingerprint density at radius 1 is 0.927 bits per heavy atom. The molecule has 5 rings (SSSR count). The molecular formula is C43H58ClN3O8. The van der Waals surface area contributed by atoms with E-state index in [-0.39, 0.29) is 30.8 Å². The van der Waals surface area contributed by atoms with Gasteiger partial charge in [0.2, 0.25) is 0 Å². The van der Waals surface area contributed by atoms with Gasteiger partial charge in [0, 0.05) is 37.4 Å². The van der Waals surface area contributed by atoms with Gasteiger partial charge < -0.3 is 39.6 Å². The van der Waals surface area contributed by atoms with Gasteiger partial charge in [-0.2, -0.15) is 0 Å². The van der Waals surface area contributed by atoms with Gasteiger partial charge in [-0.25, -0.2) is 9.59 Å². The molecule has 0 bridgehead atoms. The van der Waals surface area contributed by atoms with Crippen LogP contribution in [0, 0.1) is 5.92 Å². The molecule has 5 atom stereocenters. The highest BCUT2D eigenvalue weighted by Crippen LogP contribution is 2.41. The molecule has 2 aliphatic rings. The van der Waals surface area contributed by atoms with Crippen LogP contribution in [0.5, 0.6) is 0 Å². The zero-order chi connectivity index (χ0) is 39.0. The summed E-state index contributed by atoms with van der Waals surface area (Å²) in [5, 5.41) is 12.0. The van der Waals surface area contributed by atoms with E-state index in [1.807, 2.05) is 61.5 Å². The van der Waals surface area contributed by atoms with Crippen molar-refractivity contribution in [3.63, 3.8) is 0 Å². The van der Waals surface area contributed by atoms with Crippen molar-refractivity contribution in [2.45, 2.75) is 122 Å². The van der Waals surface area contributed by atoms with Crippen molar-refractivity contribution in [2.75, 3.05) is 26.3 Å². The normalized spacial score (nSPS) is 21.6. The number of halogens is 1. The van der Waals surface area contributed by atoms with Crippen LogP contribution in [-0.2, 0) is 41.4 Å². The van der Waals surface area contributed by atoms with Crippen molar-refractivity contribution >= 4 is 40.5 Å². The molecule has 0 radical (unpaired) electrons. The SMILES string of the molecule is CCOC(=O)[C@H](CCC(C)C)NCCC[C@@H]1C[C@@H](OC(=O)NCc2cccc3ccccc23)C[C@@]2(CCC[C@H](COC(=O)NCCc3cccc(Cl)c3)O2)O1. The Morgan fingerprint density at radius 2 is 1.73 bits per heavy atom. The number of hydrogen-bond donors (Lipinski definition) is 3. The van der Waals surface area contributed by atoms with Crippen LogP contribution in [0.15, 0.2) is 66.7 Å². The van der Waals surface area contributed by atoms with Crippen LogP contribution in [-0.4, -0.2) is 74.6 Å². The van der Waals surface area contributed by atoms with Gasteiger partial charge in [-0.05, 0) is 98.4 Å². The third-order valence-electron chi connectivity index (χ3n) is 10.2. The van der Waals surface area contributed by atoms with Gasteiger partial charge in [0.15, 0.2) is 5.79 Å². The number of carbonyl (C=O) groups excluding carboxylic acids is 3. The minimum atomic E-state index is -0.989. The second-order valence-corrected chi connectivity index (χ2v) is 15.5. The highest BCUT2D eigenvalue weighted by atomic mass is 35.5. The quantitative estimate of drug-likeness (QED) is 0.0663. The Morgan fingerprint density at radius 3 is 2.55 bits per heavy atom. The van der Waals surface area contributed by atoms with Gasteiger partial charge in [-0.15, -0.1) is 0 Å². The van der Waals surface area contributed by atoms with Crippen LogP contribution in [0.3, 0.4) is 0 Å². The summed E-state index contributed by atoms with van der Waals surface area (Å²) in [6, 6.07) is 21.3. The molecule has 1 spiro atoms. The maximum Gasteiger partial charge on any atom is 0.407 e. The summed E-state index contributed by atoms with van der Waals surface area (Å²) in [7, 11) is 0. The summed E-state index contributed by atoms with van der Waals surface area (Å²) in [5.74, 6) is -0.736. The number of alkyl carbamates (subject to hydrolysis) is 2. The highest BCUT2D eigenvalue weighted by Gasteiger charge is 2.47. The van der Waals surface area contributed by atoms with Crippen LogP contribution in [0.2, 0.25) is 5.02 Å². The molecule has 3 aromatic rings. The number of ether oxygens (including phenoxy) is 5. The van der Waals surface area contributed by atoms with Gasteiger partial charge in [0.05, 0.1) is 18.8 Å². The third kappa shape index (κ3) is 13.7. The number of esters is 1. The average Bonchev–Trinajstić information content (AvgIpc) is 3.16. The molecule has 55 heavy (non-hydrogen) atoms. The Hall–Kier alpha value is -3.90. The van der Waals surface area contributed by atoms with E-state index in [2.05, 4.69) is 41.9 Å². The minimum absolute atomic E-state index is 0.0748. The summed E-state index contributed by atoms with van der Waals surface area (Å²) in [5.41, 5.74) is 2.03. The number of fused-ring (bicyclic) bond motifs is 1. The van der Waals surface area contributed by atoms with E-state index in [1.165, 1.54) is 0 Å². The fourth-order valence-corrected chi connectivity index (χ4v) is 7.66. The van der Waals surface area contributed by atoms with Crippen LogP contribution in [0.4, 0.5) is 9.59 Å². The maximum atomic E-state index is 13.3. The van der Waals surface area contributed by atoms with Crippen molar-refractivity contribution in [1.29, 1.82) is 0 Å². The topological polar surface area (TPSA) is 133 Å². The molecule has 3 aromatic carbocycles. The number of carbonyl (C=O) groups is 3. The van der Waals surface area contributed by atoms with E-state index in [0.717, 1.165) is 41.2 Å². The summed E-state index contributed by atoms with van der Waals surface area (Å²) in [6.07, 6.45) is 4.58. The van der Waals surface area contributed by atoms with E-state index < -0.39 is 24.1 Å². The van der Waals surface area contributed by atoms with Crippen LogP contribution >= 0.6 is 11.6 Å². The molecule has 2 amide bonds. The lowest BCUT2D eigenvalue weighted by molar-refractivity contribution is -0.329. The predicted molar refractivity (Wildman–Crippen MR) is 213 cm³/mol. The molecule has 0 unspecified atom stereocenters. The van der Waals surface area contributed by atoms with Crippen LogP contribution in [0.1, 0.15) is 89.7 Å². The largest absolute Gasteiger partial charge is 0.465 e. The van der Waals surface area contributed by atoms with E-state index in [4.69, 9.17) is 35.3 Å². The van der Waals surface area contributed by atoms with Gasteiger partial charge in [-0.3, -0.25) is 4.79 Å². The van der Waals surface area contributed by atoms with Gasteiger partial charge in [0.25, 0.3) is 0 Å². The molecule has 3 N–H and O–H groups in total. The van der Waals surface area contributed by atoms with Crippen molar-refractivity contribution in [1.82, 2.24) is 16.0 Å².